The van der Waals surface area contributed by atoms with Crippen LogP contribution < -0.4 is 16.4 Å². The summed E-state index contributed by atoms with van der Waals surface area (Å²) in [7, 11) is 0. The molecule has 0 rings (SSSR count). The monoisotopic (exact) mass is 339 g/mol. The molecule has 0 aromatic heterocycles. The largest absolute Gasteiger partial charge is 0.474 e. The van der Waals surface area contributed by atoms with Crippen molar-refractivity contribution in [2.75, 3.05) is 6.54 Å². The zero-order chi connectivity index (χ0) is 19.1. The summed E-state index contributed by atoms with van der Waals surface area (Å²) in [4.78, 5) is 0. The van der Waals surface area contributed by atoms with Crippen LogP contribution in [-0.2, 0) is 4.74 Å². The van der Waals surface area contributed by atoms with Crippen molar-refractivity contribution < 1.29 is 9.13 Å². The van der Waals surface area contributed by atoms with Crippen LogP contribution in [0.25, 0.3) is 0 Å². The topological polar surface area (TPSA) is 59.3 Å². The zero-order valence-corrected chi connectivity index (χ0v) is 16.0. The number of halogens is 1. The smallest absolute Gasteiger partial charge is 0.179 e. The first-order valence-corrected chi connectivity index (χ1v) is 8.17. The molecule has 0 aromatic carbocycles. The van der Waals surface area contributed by atoms with Gasteiger partial charge in [0.25, 0.3) is 0 Å². The predicted molar refractivity (Wildman–Crippen MR) is 101 cm³/mol. The first kappa shape index (κ1) is 22.2. The number of hydrogen-bond acceptors (Lipinski definition) is 4. The van der Waals surface area contributed by atoms with E-state index in [1.165, 1.54) is 6.08 Å². The lowest BCUT2D eigenvalue weighted by Crippen LogP contribution is -2.45. The molecule has 0 spiro atoms. The second kappa shape index (κ2) is 9.52. The summed E-state index contributed by atoms with van der Waals surface area (Å²) in [6.07, 6.45) is 0.262. The minimum Gasteiger partial charge on any atom is -0.474 e. The molecule has 0 aliphatic carbocycles. The Morgan fingerprint density at radius 2 is 1.79 bits per heavy atom. The summed E-state index contributed by atoms with van der Waals surface area (Å²) in [6, 6.07) is -0.353. The van der Waals surface area contributed by atoms with Gasteiger partial charge in [0, 0.05) is 24.3 Å². The molecule has 0 radical (unpaired) electrons. The van der Waals surface area contributed by atoms with E-state index < -0.39 is 6.17 Å². The van der Waals surface area contributed by atoms with Crippen LogP contribution in [0, 0.1) is 0 Å². The van der Waals surface area contributed by atoms with Gasteiger partial charge in [0.05, 0.1) is 0 Å². The van der Waals surface area contributed by atoms with Gasteiger partial charge in [-0.2, -0.15) is 0 Å². The van der Waals surface area contributed by atoms with E-state index in [1.54, 1.807) is 13.8 Å². The van der Waals surface area contributed by atoms with Gasteiger partial charge >= 0.3 is 0 Å². The van der Waals surface area contributed by atoms with Crippen molar-refractivity contribution in [3.63, 3.8) is 0 Å². The Morgan fingerprint density at radius 1 is 1.25 bits per heavy atom. The van der Waals surface area contributed by atoms with E-state index in [-0.39, 0.29) is 17.7 Å². The summed E-state index contributed by atoms with van der Waals surface area (Å²) >= 11 is 0. The van der Waals surface area contributed by atoms with Gasteiger partial charge in [-0.15, -0.1) is 0 Å². The van der Waals surface area contributed by atoms with Crippen molar-refractivity contribution in [1.29, 1.82) is 0 Å². The van der Waals surface area contributed by atoms with Gasteiger partial charge in [-0.3, -0.25) is 0 Å². The summed E-state index contributed by atoms with van der Waals surface area (Å²) in [5, 5.41) is 6.30. The highest BCUT2D eigenvalue weighted by Crippen LogP contribution is 2.16. The van der Waals surface area contributed by atoms with Gasteiger partial charge in [-0.1, -0.05) is 13.2 Å². The Kier molecular flexibility index (Phi) is 8.83. The first-order chi connectivity index (χ1) is 10.8. The fourth-order valence-corrected chi connectivity index (χ4v) is 2.10. The van der Waals surface area contributed by atoms with Gasteiger partial charge < -0.3 is 21.1 Å². The molecule has 0 fully saturated rings. The fraction of sp³-hybridized carbons (Fsp3) is 0.579. The lowest BCUT2D eigenvalue weighted by atomic mass is 10.0. The quantitative estimate of drug-likeness (QED) is 0.421. The zero-order valence-electron chi connectivity index (χ0n) is 16.0. The minimum atomic E-state index is -1.20. The second-order valence-electron chi connectivity index (χ2n) is 7.21. The molecule has 24 heavy (non-hydrogen) atoms. The third-order valence-corrected chi connectivity index (χ3v) is 3.19. The number of rotatable bonds is 10. The van der Waals surface area contributed by atoms with Crippen LogP contribution >= 0.6 is 0 Å². The van der Waals surface area contributed by atoms with E-state index in [0.29, 0.717) is 29.3 Å². The van der Waals surface area contributed by atoms with Crippen molar-refractivity contribution >= 4 is 0 Å². The molecule has 0 saturated heterocycles. The number of nitrogens with two attached hydrogens (primary N) is 1. The highest BCUT2D eigenvalue weighted by Gasteiger charge is 2.18. The maximum absolute atomic E-state index is 14.4. The number of alkyl halides is 1. The standard InChI is InChI=1S/C19H34FN3O/c1-12(2)17(14(4)21)10-18(20)15(5)23-13(3)11-22-16(6)24-19(7,8)9/h10,13,15,18,22-23H,1,4,6,11,21H2,2-3,5,7-9H3/b17-10+. The van der Waals surface area contributed by atoms with Crippen molar-refractivity contribution in [3.05, 3.63) is 48.5 Å². The van der Waals surface area contributed by atoms with Crippen molar-refractivity contribution in [3.8, 4) is 0 Å². The van der Waals surface area contributed by atoms with Gasteiger partial charge in [0.2, 0.25) is 0 Å². The van der Waals surface area contributed by atoms with Gasteiger partial charge in [-0.25, -0.2) is 4.39 Å². The van der Waals surface area contributed by atoms with E-state index in [1.807, 2.05) is 27.7 Å². The van der Waals surface area contributed by atoms with Crippen LogP contribution in [0.2, 0.25) is 0 Å². The van der Waals surface area contributed by atoms with Crippen LogP contribution in [0.4, 0.5) is 4.39 Å². The Balaban J connectivity index is 4.51. The molecule has 0 aliphatic rings. The number of ether oxygens (including phenoxy) is 1. The Labute approximate surface area is 146 Å². The van der Waals surface area contributed by atoms with E-state index in [0.717, 1.165) is 0 Å². The molecular formula is C19H34FN3O. The molecule has 0 heterocycles. The van der Waals surface area contributed by atoms with Gasteiger partial charge in [0.1, 0.15) is 11.8 Å². The van der Waals surface area contributed by atoms with Crippen molar-refractivity contribution in [1.82, 2.24) is 10.6 Å². The van der Waals surface area contributed by atoms with Crippen LogP contribution in [0.5, 0.6) is 0 Å². The maximum Gasteiger partial charge on any atom is 0.179 e. The lowest BCUT2D eigenvalue weighted by Gasteiger charge is -2.26. The summed E-state index contributed by atoms with van der Waals surface area (Å²) in [6.45, 7) is 23.2. The third kappa shape index (κ3) is 9.40. The SMILES string of the molecule is C=C(NCC(C)NC(C)C(F)/C=C(\C(=C)C)C(=C)N)OC(C)(C)C. The van der Waals surface area contributed by atoms with Crippen molar-refractivity contribution in [2.45, 2.75) is 65.4 Å². The molecule has 0 aromatic rings. The molecule has 5 heteroatoms. The van der Waals surface area contributed by atoms with E-state index in [4.69, 9.17) is 10.5 Å². The highest BCUT2D eigenvalue weighted by molar-refractivity contribution is 5.42. The summed E-state index contributed by atoms with van der Waals surface area (Å²) in [5.41, 5.74) is 6.96. The predicted octanol–water partition coefficient (Wildman–Crippen LogP) is 3.54. The molecule has 3 unspecified atom stereocenters. The first-order valence-electron chi connectivity index (χ1n) is 8.17. The summed E-state index contributed by atoms with van der Waals surface area (Å²) in [5.74, 6) is 0.504. The molecule has 3 atom stereocenters. The Hall–Kier alpha value is -1.75. The minimum absolute atomic E-state index is 0.0290. The van der Waals surface area contributed by atoms with Crippen LogP contribution in [0.1, 0.15) is 41.5 Å². The maximum atomic E-state index is 14.4. The fourth-order valence-electron chi connectivity index (χ4n) is 2.10. The molecule has 0 aliphatic heterocycles. The summed E-state index contributed by atoms with van der Waals surface area (Å²) < 4.78 is 20.0. The van der Waals surface area contributed by atoms with Crippen LogP contribution in [0.3, 0.4) is 0 Å². The number of allylic oxidation sites excluding steroid dienone is 1. The van der Waals surface area contributed by atoms with E-state index >= 15 is 0 Å². The number of hydrogen-bond donors (Lipinski definition) is 3. The molecule has 4 nitrogen and oxygen atoms in total. The van der Waals surface area contributed by atoms with Gasteiger partial charge in [0.15, 0.2) is 5.88 Å². The van der Waals surface area contributed by atoms with Crippen LogP contribution in [-0.4, -0.2) is 30.4 Å². The van der Waals surface area contributed by atoms with Crippen LogP contribution in [0.15, 0.2) is 48.5 Å². The molecule has 0 bridgehead atoms. The third-order valence-electron chi connectivity index (χ3n) is 3.19. The molecule has 0 saturated carbocycles. The normalized spacial score (nSPS) is 16.0. The average Bonchev–Trinajstić information content (AvgIpc) is 2.39. The number of nitrogens with one attached hydrogen (secondary N) is 2. The van der Waals surface area contributed by atoms with Gasteiger partial charge in [-0.05, 0) is 65.3 Å². The average molecular weight is 339 g/mol. The highest BCUT2D eigenvalue weighted by atomic mass is 19.1. The molecule has 138 valence electrons. The molecule has 4 N–H and O–H groups in total. The Morgan fingerprint density at radius 3 is 2.21 bits per heavy atom. The lowest BCUT2D eigenvalue weighted by molar-refractivity contribution is 0.0409. The molecular weight excluding hydrogens is 305 g/mol. The van der Waals surface area contributed by atoms with E-state index in [9.17, 15) is 4.39 Å². The second-order valence-corrected chi connectivity index (χ2v) is 7.21. The van der Waals surface area contributed by atoms with E-state index in [2.05, 4.69) is 30.4 Å². The Bertz CT molecular complexity index is 475. The molecule has 0 amide bonds. The van der Waals surface area contributed by atoms with Crippen molar-refractivity contribution in [2.24, 2.45) is 5.73 Å².